The van der Waals surface area contributed by atoms with Crippen molar-refractivity contribution < 1.29 is 29.3 Å². The zero-order chi connectivity index (χ0) is 15.4. The molecule has 1 aromatic rings. The van der Waals surface area contributed by atoms with Gasteiger partial charge in [0.1, 0.15) is 11.3 Å². The molecule has 0 unspecified atom stereocenters. The second-order valence-electron chi connectivity index (χ2n) is 4.98. The van der Waals surface area contributed by atoms with Gasteiger partial charge in [0, 0.05) is 11.1 Å². The smallest absolute Gasteiger partial charge is 0.341 e. The van der Waals surface area contributed by atoms with Crippen LogP contribution in [0.2, 0.25) is 0 Å². The lowest BCUT2D eigenvalue weighted by atomic mass is 9.86. The van der Waals surface area contributed by atoms with Gasteiger partial charge in [0.2, 0.25) is 11.4 Å². The van der Waals surface area contributed by atoms with E-state index in [1.165, 1.54) is 19.1 Å². The van der Waals surface area contributed by atoms with Crippen molar-refractivity contribution in [2.24, 2.45) is 0 Å². The van der Waals surface area contributed by atoms with Gasteiger partial charge in [-0.1, -0.05) is 24.3 Å². The highest BCUT2D eigenvalue weighted by Crippen LogP contribution is 2.54. The summed E-state index contributed by atoms with van der Waals surface area (Å²) in [6.45, 7) is 3.08. The van der Waals surface area contributed by atoms with Crippen LogP contribution in [0.3, 0.4) is 0 Å². The van der Waals surface area contributed by atoms with E-state index < -0.39 is 23.1 Å². The van der Waals surface area contributed by atoms with E-state index in [1.807, 2.05) is 0 Å². The maximum absolute atomic E-state index is 12.5. The summed E-state index contributed by atoms with van der Waals surface area (Å²) in [6.07, 6.45) is 0. The lowest BCUT2D eigenvalue weighted by molar-refractivity contribution is -0.236. The van der Waals surface area contributed by atoms with E-state index in [-0.39, 0.29) is 29.1 Å². The van der Waals surface area contributed by atoms with Crippen LogP contribution in [-0.2, 0) is 20.1 Å². The molecule has 1 aromatic carbocycles. The third-order valence-corrected chi connectivity index (χ3v) is 3.85. The summed E-state index contributed by atoms with van der Waals surface area (Å²) in [7, 11) is 0. The van der Waals surface area contributed by atoms with Gasteiger partial charge in [0.25, 0.3) is 5.79 Å². The molecule has 0 fully saturated rings. The van der Waals surface area contributed by atoms with Crippen LogP contribution in [0.1, 0.15) is 29.8 Å². The first kappa shape index (κ1) is 13.8. The molecule has 0 amide bonds. The van der Waals surface area contributed by atoms with Gasteiger partial charge in [0.05, 0.1) is 6.61 Å². The normalized spacial score (nSPS) is 30.0. The molecule has 3 rings (SSSR count). The van der Waals surface area contributed by atoms with Crippen molar-refractivity contribution in [3.8, 4) is 0 Å². The minimum Gasteiger partial charge on any atom is -0.462 e. The Morgan fingerprint density at radius 2 is 2.00 bits per heavy atom. The number of hydrogen-bond acceptors (Lipinski definition) is 6. The number of Topliss-reactive ketones (excluding diaryl/α,β-unsaturated/α-hetero) is 1. The van der Waals surface area contributed by atoms with E-state index in [0.29, 0.717) is 0 Å². The first-order chi connectivity index (χ1) is 9.88. The fourth-order valence-corrected chi connectivity index (χ4v) is 2.95. The van der Waals surface area contributed by atoms with Crippen molar-refractivity contribution in [1.82, 2.24) is 0 Å². The van der Waals surface area contributed by atoms with Crippen LogP contribution >= 0.6 is 0 Å². The van der Waals surface area contributed by atoms with Crippen molar-refractivity contribution in [1.29, 1.82) is 0 Å². The number of ketones is 1. The molecule has 0 radical (unpaired) electrons. The van der Waals surface area contributed by atoms with Gasteiger partial charge < -0.3 is 19.7 Å². The number of esters is 1. The molecular formula is C15H14O6. The highest BCUT2D eigenvalue weighted by atomic mass is 16.7. The van der Waals surface area contributed by atoms with Crippen LogP contribution in [0.4, 0.5) is 0 Å². The van der Waals surface area contributed by atoms with E-state index >= 15 is 0 Å². The quantitative estimate of drug-likeness (QED) is 0.776. The summed E-state index contributed by atoms with van der Waals surface area (Å²) in [5.41, 5.74) is -2.58. The van der Waals surface area contributed by atoms with E-state index in [1.54, 1.807) is 19.1 Å². The van der Waals surface area contributed by atoms with E-state index in [9.17, 15) is 19.8 Å². The zero-order valence-electron chi connectivity index (χ0n) is 11.5. The first-order valence-electron chi connectivity index (χ1n) is 6.54. The maximum atomic E-state index is 12.5. The van der Waals surface area contributed by atoms with Crippen molar-refractivity contribution in [3.63, 3.8) is 0 Å². The molecule has 2 aliphatic rings. The largest absolute Gasteiger partial charge is 0.462 e. The van der Waals surface area contributed by atoms with E-state index in [2.05, 4.69) is 0 Å². The Hall–Kier alpha value is -2.18. The molecule has 0 saturated carbocycles. The summed E-state index contributed by atoms with van der Waals surface area (Å²) in [5.74, 6) is -3.98. The Bertz CT molecular complexity index is 691. The lowest BCUT2D eigenvalue weighted by Crippen LogP contribution is -2.52. The molecule has 21 heavy (non-hydrogen) atoms. The number of ether oxygens (including phenoxy) is 2. The predicted molar refractivity (Wildman–Crippen MR) is 70.0 cm³/mol. The molecule has 2 atom stereocenters. The Morgan fingerprint density at radius 1 is 1.33 bits per heavy atom. The predicted octanol–water partition coefficient (Wildman–Crippen LogP) is 0.626. The van der Waals surface area contributed by atoms with Crippen molar-refractivity contribution >= 4 is 11.8 Å². The maximum Gasteiger partial charge on any atom is 0.341 e. The second kappa shape index (κ2) is 4.16. The minimum atomic E-state index is -2.48. The summed E-state index contributed by atoms with van der Waals surface area (Å²) >= 11 is 0. The molecule has 2 N–H and O–H groups in total. The van der Waals surface area contributed by atoms with Crippen LogP contribution in [-0.4, -0.2) is 34.2 Å². The number of fused-ring (bicyclic) bond motifs is 3. The lowest BCUT2D eigenvalue weighted by Gasteiger charge is -2.30. The number of rotatable bonds is 2. The molecule has 6 nitrogen and oxygen atoms in total. The Balaban J connectivity index is 2.21. The van der Waals surface area contributed by atoms with Crippen molar-refractivity contribution in [3.05, 3.63) is 46.7 Å². The van der Waals surface area contributed by atoms with E-state index in [4.69, 9.17) is 9.47 Å². The van der Waals surface area contributed by atoms with Crippen molar-refractivity contribution in [2.75, 3.05) is 6.61 Å². The van der Waals surface area contributed by atoms with Crippen LogP contribution < -0.4 is 0 Å². The molecule has 1 heterocycles. The van der Waals surface area contributed by atoms with Crippen LogP contribution in [0, 0.1) is 0 Å². The number of allylic oxidation sites excluding steroid dienone is 1. The van der Waals surface area contributed by atoms with Gasteiger partial charge in [-0.05, 0) is 13.8 Å². The number of aliphatic hydroxyl groups is 2. The third-order valence-electron chi connectivity index (χ3n) is 3.85. The van der Waals surface area contributed by atoms with Crippen LogP contribution in [0.15, 0.2) is 35.6 Å². The summed E-state index contributed by atoms with van der Waals surface area (Å²) in [5, 5.41) is 21.6. The van der Waals surface area contributed by atoms with Gasteiger partial charge in [-0.25, -0.2) is 4.79 Å². The second-order valence-corrected chi connectivity index (χ2v) is 4.98. The summed E-state index contributed by atoms with van der Waals surface area (Å²) in [4.78, 5) is 24.6. The van der Waals surface area contributed by atoms with Gasteiger partial charge in [-0.2, -0.15) is 0 Å². The number of carbonyl (C=O) groups is 2. The molecule has 6 heteroatoms. The molecule has 0 bridgehead atoms. The first-order valence-corrected chi connectivity index (χ1v) is 6.54. The summed E-state index contributed by atoms with van der Waals surface area (Å²) < 4.78 is 10.2. The SMILES string of the molecule is CCOC(=O)C1=C(C)O[C@@]2(O)c3ccccc3C(=O)[C@]12O. The molecule has 1 aliphatic carbocycles. The minimum absolute atomic E-state index is 0.0266. The Morgan fingerprint density at radius 3 is 2.67 bits per heavy atom. The van der Waals surface area contributed by atoms with E-state index in [0.717, 1.165) is 0 Å². The summed E-state index contributed by atoms with van der Waals surface area (Å²) in [6, 6.07) is 6.15. The van der Waals surface area contributed by atoms with Crippen LogP contribution in [0.25, 0.3) is 0 Å². The fourth-order valence-electron chi connectivity index (χ4n) is 2.95. The molecule has 1 aliphatic heterocycles. The monoisotopic (exact) mass is 290 g/mol. The van der Waals surface area contributed by atoms with Gasteiger partial charge in [-0.15, -0.1) is 0 Å². The number of carbonyl (C=O) groups excluding carboxylic acids is 2. The molecule has 0 aromatic heterocycles. The average Bonchev–Trinajstić information content (AvgIpc) is 2.75. The topological polar surface area (TPSA) is 93.1 Å². The average molecular weight is 290 g/mol. The van der Waals surface area contributed by atoms with Gasteiger partial charge in [-0.3, -0.25) is 4.79 Å². The zero-order valence-corrected chi connectivity index (χ0v) is 11.5. The fraction of sp³-hybridized carbons (Fsp3) is 0.333. The number of benzene rings is 1. The Kier molecular flexibility index (Phi) is 2.73. The highest BCUT2D eigenvalue weighted by molar-refractivity contribution is 6.15. The third kappa shape index (κ3) is 1.43. The standard InChI is InChI=1S/C15H14O6/c1-3-20-13(17)11-8(2)21-15(19)10-7-5-4-6-9(10)12(16)14(11,15)18/h4-7,18-19H,3H2,1-2H3/t14-,15+/m1/s1. The molecule has 0 spiro atoms. The van der Waals surface area contributed by atoms with Crippen molar-refractivity contribution in [2.45, 2.75) is 25.2 Å². The van der Waals surface area contributed by atoms with Crippen LogP contribution in [0.5, 0.6) is 0 Å². The Labute approximate surface area is 120 Å². The highest BCUT2D eigenvalue weighted by Gasteiger charge is 2.72. The molecule has 0 saturated heterocycles. The van der Waals surface area contributed by atoms with Gasteiger partial charge in [0.15, 0.2) is 0 Å². The van der Waals surface area contributed by atoms with Gasteiger partial charge >= 0.3 is 5.97 Å². The molecule has 110 valence electrons. The molecular weight excluding hydrogens is 276 g/mol. The number of hydrogen-bond donors (Lipinski definition) is 2.